The molecule has 0 bridgehead atoms. The van der Waals surface area contributed by atoms with Gasteiger partial charge in [0.05, 0.1) is 23.3 Å². The van der Waals surface area contributed by atoms with Gasteiger partial charge >= 0.3 is 0 Å². The van der Waals surface area contributed by atoms with Gasteiger partial charge in [-0.15, -0.1) is 0 Å². The quantitative estimate of drug-likeness (QED) is 0.837. The highest BCUT2D eigenvalue weighted by Gasteiger charge is 2.02. The summed E-state index contributed by atoms with van der Waals surface area (Å²) in [6.07, 6.45) is 0. The Balaban J connectivity index is 2.14. The fourth-order valence-corrected chi connectivity index (χ4v) is 1.72. The van der Waals surface area contributed by atoms with Gasteiger partial charge in [0.25, 0.3) is 0 Å². The van der Waals surface area contributed by atoms with Gasteiger partial charge in [-0.25, -0.2) is 0 Å². The monoisotopic (exact) mass is 248 g/mol. The van der Waals surface area contributed by atoms with Gasteiger partial charge in [-0.1, -0.05) is 18.2 Å². The highest BCUT2D eigenvalue weighted by Crippen LogP contribution is 2.20. The SMILES string of the molecule is Cc1ccc(C#N)cc1OCc1cccc(C#N)c1. The van der Waals surface area contributed by atoms with E-state index in [9.17, 15) is 0 Å². The molecule has 0 atom stereocenters. The number of hydrogen-bond donors (Lipinski definition) is 0. The van der Waals surface area contributed by atoms with Crippen molar-refractivity contribution in [2.24, 2.45) is 0 Å². The summed E-state index contributed by atoms with van der Waals surface area (Å²) < 4.78 is 5.70. The van der Waals surface area contributed by atoms with Crippen molar-refractivity contribution >= 4 is 0 Å². The van der Waals surface area contributed by atoms with Gasteiger partial charge in [-0.2, -0.15) is 10.5 Å². The number of rotatable bonds is 3. The van der Waals surface area contributed by atoms with Crippen molar-refractivity contribution in [2.75, 3.05) is 0 Å². The molecule has 0 unspecified atom stereocenters. The largest absolute Gasteiger partial charge is 0.489 e. The molecule has 3 heteroatoms. The molecule has 0 saturated heterocycles. The second-order valence-corrected chi connectivity index (χ2v) is 4.19. The fourth-order valence-electron chi connectivity index (χ4n) is 1.72. The van der Waals surface area contributed by atoms with Crippen LogP contribution in [-0.4, -0.2) is 0 Å². The van der Waals surface area contributed by atoms with Gasteiger partial charge in [-0.05, 0) is 42.3 Å². The zero-order valence-electron chi connectivity index (χ0n) is 10.6. The Labute approximate surface area is 112 Å². The first-order valence-corrected chi connectivity index (χ1v) is 5.85. The summed E-state index contributed by atoms with van der Waals surface area (Å²) in [6, 6.07) is 16.8. The highest BCUT2D eigenvalue weighted by molar-refractivity contribution is 5.42. The lowest BCUT2D eigenvalue weighted by molar-refractivity contribution is 0.304. The summed E-state index contributed by atoms with van der Waals surface area (Å²) in [4.78, 5) is 0. The van der Waals surface area contributed by atoms with Crippen LogP contribution < -0.4 is 4.74 Å². The van der Waals surface area contributed by atoms with Crippen molar-refractivity contribution < 1.29 is 4.74 Å². The lowest BCUT2D eigenvalue weighted by Crippen LogP contribution is -1.97. The van der Waals surface area contributed by atoms with E-state index in [1.165, 1.54) is 0 Å². The second kappa shape index (κ2) is 5.71. The molecule has 0 aromatic heterocycles. The van der Waals surface area contributed by atoms with Crippen LogP contribution in [0.5, 0.6) is 5.75 Å². The Morgan fingerprint density at radius 1 is 1.00 bits per heavy atom. The van der Waals surface area contributed by atoms with Crippen molar-refractivity contribution in [3.8, 4) is 17.9 Å². The molecule has 3 nitrogen and oxygen atoms in total. The predicted octanol–water partition coefficient (Wildman–Crippen LogP) is 3.32. The molecule has 92 valence electrons. The number of nitrogens with zero attached hydrogens (tertiary/aromatic N) is 2. The molecule has 0 radical (unpaired) electrons. The topological polar surface area (TPSA) is 56.8 Å². The Kier molecular flexibility index (Phi) is 3.81. The van der Waals surface area contributed by atoms with Crippen LogP contribution in [0.3, 0.4) is 0 Å². The lowest BCUT2D eigenvalue weighted by atomic mass is 10.1. The first kappa shape index (κ1) is 12.7. The number of ether oxygens (including phenoxy) is 1. The molecule has 0 aliphatic carbocycles. The van der Waals surface area contributed by atoms with Crippen LogP contribution in [0.15, 0.2) is 42.5 Å². The lowest BCUT2D eigenvalue weighted by Gasteiger charge is -2.09. The van der Waals surface area contributed by atoms with Crippen molar-refractivity contribution in [3.05, 3.63) is 64.7 Å². The molecule has 2 aromatic rings. The zero-order chi connectivity index (χ0) is 13.7. The van der Waals surface area contributed by atoms with Crippen LogP contribution in [0.25, 0.3) is 0 Å². The van der Waals surface area contributed by atoms with Crippen LogP contribution in [0.1, 0.15) is 22.3 Å². The smallest absolute Gasteiger partial charge is 0.124 e. The average Bonchev–Trinajstić information content (AvgIpc) is 2.46. The van der Waals surface area contributed by atoms with Crippen molar-refractivity contribution in [3.63, 3.8) is 0 Å². The van der Waals surface area contributed by atoms with Gasteiger partial charge in [0, 0.05) is 0 Å². The van der Waals surface area contributed by atoms with E-state index in [0.717, 1.165) is 11.1 Å². The molecule has 0 fully saturated rings. The summed E-state index contributed by atoms with van der Waals surface area (Å²) in [7, 11) is 0. The van der Waals surface area contributed by atoms with Crippen LogP contribution in [0.2, 0.25) is 0 Å². The van der Waals surface area contributed by atoms with E-state index < -0.39 is 0 Å². The summed E-state index contributed by atoms with van der Waals surface area (Å²) in [5.74, 6) is 0.696. The molecule has 19 heavy (non-hydrogen) atoms. The summed E-state index contributed by atoms with van der Waals surface area (Å²) in [5, 5.41) is 17.7. The van der Waals surface area contributed by atoms with E-state index in [-0.39, 0.29) is 0 Å². The number of aryl methyl sites for hydroxylation is 1. The minimum Gasteiger partial charge on any atom is -0.489 e. The first-order chi connectivity index (χ1) is 9.22. The van der Waals surface area contributed by atoms with Crippen LogP contribution in [0.4, 0.5) is 0 Å². The van der Waals surface area contributed by atoms with E-state index >= 15 is 0 Å². The van der Waals surface area contributed by atoms with E-state index in [1.54, 1.807) is 24.3 Å². The molecule has 0 heterocycles. The van der Waals surface area contributed by atoms with E-state index in [0.29, 0.717) is 23.5 Å². The molecule has 0 aliphatic rings. The second-order valence-electron chi connectivity index (χ2n) is 4.19. The molecule has 0 aliphatic heterocycles. The van der Waals surface area contributed by atoms with Crippen molar-refractivity contribution in [1.29, 1.82) is 10.5 Å². The molecular weight excluding hydrogens is 236 g/mol. The summed E-state index contributed by atoms with van der Waals surface area (Å²) in [5.41, 5.74) is 3.10. The molecule has 0 N–H and O–H groups in total. The van der Waals surface area contributed by atoms with Gasteiger partial charge in [-0.3, -0.25) is 0 Å². The predicted molar refractivity (Wildman–Crippen MR) is 71.4 cm³/mol. The van der Waals surface area contributed by atoms with Gasteiger partial charge < -0.3 is 4.74 Å². The third kappa shape index (κ3) is 3.12. The standard InChI is InChI=1S/C16H12N2O/c1-12-5-6-14(10-18)8-16(12)19-11-15-4-2-3-13(7-15)9-17/h2-8H,11H2,1H3. The Hall–Kier alpha value is -2.78. The molecule has 0 saturated carbocycles. The van der Waals surface area contributed by atoms with Crippen molar-refractivity contribution in [2.45, 2.75) is 13.5 Å². The highest BCUT2D eigenvalue weighted by atomic mass is 16.5. The Bertz CT molecular complexity index is 678. The molecule has 2 aromatic carbocycles. The Morgan fingerprint density at radius 3 is 2.47 bits per heavy atom. The maximum atomic E-state index is 8.86. The van der Waals surface area contributed by atoms with Crippen molar-refractivity contribution in [1.82, 2.24) is 0 Å². The number of nitriles is 2. The van der Waals surface area contributed by atoms with Gasteiger partial charge in [0.1, 0.15) is 12.4 Å². The number of hydrogen-bond acceptors (Lipinski definition) is 3. The maximum absolute atomic E-state index is 8.86. The summed E-state index contributed by atoms with van der Waals surface area (Å²) in [6.45, 7) is 2.31. The summed E-state index contributed by atoms with van der Waals surface area (Å²) >= 11 is 0. The van der Waals surface area contributed by atoms with E-state index in [4.69, 9.17) is 15.3 Å². The van der Waals surface area contributed by atoms with Crippen LogP contribution in [-0.2, 0) is 6.61 Å². The average molecular weight is 248 g/mol. The molecule has 0 spiro atoms. The minimum absolute atomic E-state index is 0.380. The third-order valence-corrected chi connectivity index (χ3v) is 2.77. The first-order valence-electron chi connectivity index (χ1n) is 5.85. The van der Waals surface area contributed by atoms with Crippen LogP contribution in [0, 0.1) is 29.6 Å². The fraction of sp³-hybridized carbons (Fsp3) is 0.125. The normalized spacial score (nSPS) is 9.42. The van der Waals surface area contributed by atoms with Crippen LogP contribution >= 0.6 is 0 Å². The van der Waals surface area contributed by atoms with E-state index in [1.807, 2.05) is 25.1 Å². The molecule has 0 amide bonds. The van der Waals surface area contributed by atoms with Gasteiger partial charge in [0.2, 0.25) is 0 Å². The third-order valence-electron chi connectivity index (χ3n) is 2.77. The number of benzene rings is 2. The van der Waals surface area contributed by atoms with E-state index in [2.05, 4.69) is 12.1 Å². The molecule has 2 rings (SSSR count). The Morgan fingerprint density at radius 2 is 1.74 bits per heavy atom. The molecular formula is C16H12N2O. The zero-order valence-corrected chi connectivity index (χ0v) is 10.6. The minimum atomic E-state index is 0.380. The maximum Gasteiger partial charge on any atom is 0.124 e. The van der Waals surface area contributed by atoms with Gasteiger partial charge in [0.15, 0.2) is 0 Å².